The first kappa shape index (κ1) is 21.1. The van der Waals surface area contributed by atoms with Crippen LogP contribution < -0.4 is 5.32 Å². The molecule has 2 N–H and O–H groups in total. The molecule has 2 aliphatic heterocycles. The van der Waals surface area contributed by atoms with Gasteiger partial charge in [-0.3, -0.25) is 10.1 Å². The molecular weight excluding hydrogens is 471 g/mol. The molecule has 2 aliphatic rings. The van der Waals surface area contributed by atoms with Gasteiger partial charge in [-0.05, 0) is 37.8 Å². The summed E-state index contributed by atoms with van der Waals surface area (Å²) in [6.45, 7) is 4.32. The van der Waals surface area contributed by atoms with Gasteiger partial charge in [0.15, 0.2) is 5.96 Å². The largest absolute Gasteiger partial charge is 0.469 e. The number of ether oxygens (including phenoxy) is 1. The molecule has 28 heavy (non-hydrogen) atoms. The number of aromatic nitrogens is 3. The Bertz CT molecular complexity index is 692. The van der Waals surface area contributed by atoms with E-state index in [0.29, 0.717) is 5.92 Å². The maximum atomic E-state index is 5.73. The second kappa shape index (κ2) is 10.8. The molecule has 8 nitrogen and oxygen atoms in total. The number of H-pyrrole nitrogens is 1. The lowest BCUT2D eigenvalue weighted by Gasteiger charge is -2.33. The number of nitrogens with zero attached hydrogens (tertiary/aromatic N) is 4. The van der Waals surface area contributed by atoms with Gasteiger partial charge in [0.1, 0.15) is 17.9 Å². The predicted octanol–water partition coefficient (Wildman–Crippen LogP) is 2.56. The van der Waals surface area contributed by atoms with E-state index < -0.39 is 0 Å². The van der Waals surface area contributed by atoms with Crippen LogP contribution in [0.4, 0.5) is 0 Å². The summed E-state index contributed by atoms with van der Waals surface area (Å²) in [5, 5.41) is 10.5. The van der Waals surface area contributed by atoms with Crippen molar-refractivity contribution in [3.8, 4) is 0 Å². The van der Waals surface area contributed by atoms with E-state index in [1.807, 2.05) is 12.1 Å². The second-order valence-corrected chi connectivity index (χ2v) is 7.19. The highest BCUT2D eigenvalue weighted by Crippen LogP contribution is 2.25. The SMILES string of the molecule is I.c1coc(CCNC(=NCC2CCCO2)N2CCC(c3ncn[nH]3)CC2)c1. The number of guanidine groups is 1. The van der Waals surface area contributed by atoms with Crippen molar-refractivity contribution in [2.24, 2.45) is 4.99 Å². The van der Waals surface area contributed by atoms with Crippen LogP contribution in [0.5, 0.6) is 0 Å². The van der Waals surface area contributed by atoms with Crippen molar-refractivity contribution in [1.82, 2.24) is 25.4 Å². The van der Waals surface area contributed by atoms with E-state index in [0.717, 1.165) is 82.4 Å². The second-order valence-electron chi connectivity index (χ2n) is 7.19. The van der Waals surface area contributed by atoms with Gasteiger partial charge in [0.25, 0.3) is 0 Å². The van der Waals surface area contributed by atoms with Crippen molar-refractivity contribution >= 4 is 29.9 Å². The standard InChI is InChI=1S/C19H28N6O2.HI/c1-3-16(26-11-1)5-8-20-19(21-13-17-4-2-12-27-17)25-9-6-15(7-10-25)18-22-14-23-24-18;/h1,3,11,14-15,17H,2,4-10,12-13H2,(H,20,21)(H,22,23,24);1H. The number of likely N-dealkylation sites (tertiary alicyclic amines) is 1. The monoisotopic (exact) mass is 500 g/mol. The van der Waals surface area contributed by atoms with Crippen LogP contribution in [0, 0.1) is 0 Å². The minimum absolute atomic E-state index is 0. The average Bonchev–Trinajstić information content (AvgIpc) is 3.48. The summed E-state index contributed by atoms with van der Waals surface area (Å²) in [6, 6.07) is 3.93. The van der Waals surface area contributed by atoms with E-state index in [-0.39, 0.29) is 30.1 Å². The van der Waals surface area contributed by atoms with Gasteiger partial charge < -0.3 is 19.4 Å². The molecule has 0 amide bonds. The Morgan fingerprint density at radius 2 is 2.21 bits per heavy atom. The minimum atomic E-state index is 0. The quantitative estimate of drug-likeness (QED) is 0.360. The fraction of sp³-hybridized carbons (Fsp3) is 0.632. The maximum Gasteiger partial charge on any atom is 0.194 e. The zero-order valence-corrected chi connectivity index (χ0v) is 18.4. The van der Waals surface area contributed by atoms with Crippen LogP contribution in [0.25, 0.3) is 0 Å². The van der Waals surface area contributed by atoms with Crippen LogP contribution in [0.2, 0.25) is 0 Å². The number of hydrogen-bond acceptors (Lipinski definition) is 5. The molecule has 0 aliphatic carbocycles. The summed E-state index contributed by atoms with van der Waals surface area (Å²) in [7, 11) is 0. The van der Waals surface area contributed by atoms with Gasteiger partial charge in [-0.1, -0.05) is 0 Å². The number of furan rings is 1. The van der Waals surface area contributed by atoms with Crippen molar-refractivity contribution in [2.75, 3.05) is 32.8 Å². The number of aromatic amines is 1. The summed E-state index contributed by atoms with van der Waals surface area (Å²) in [5.74, 6) is 3.42. The Hall–Kier alpha value is -1.62. The summed E-state index contributed by atoms with van der Waals surface area (Å²) in [4.78, 5) is 11.5. The van der Waals surface area contributed by atoms with Crippen molar-refractivity contribution in [1.29, 1.82) is 0 Å². The Balaban J connectivity index is 0.00000225. The molecule has 0 radical (unpaired) electrons. The highest BCUT2D eigenvalue weighted by Gasteiger charge is 2.25. The third-order valence-corrected chi connectivity index (χ3v) is 5.32. The first-order valence-corrected chi connectivity index (χ1v) is 9.91. The van der Waals surface area contributed by atoms with Crippen molar-refractivity contribution in [3.05, 3.63) is 36.3 Å². The number of hydrogen-bond donors (Lipinski definition) is 2. The lowest BCUT2D eigenvalue weighted by Crippen LogP contribution is -2.46. The summed E-state index contributed by atoms with van der Waals surface area (Å²) < 4.78 is 11.2. The third kappa shape index (κ3) is 5.69. The third-order valence-electron chi connectivity index (χ3n) is 5.32. The van der Waals surface area contributed by atoms with E-state index in [1.165, 1.54) is 0 Å². The molecule has 154 valence electrons. The number of nitrogens with one attached hydrogen (secondary N) is 2. The minimum Gasteiger partial charge on any atom is -0.469 e. The van der Waals surface area contributed by atoms with Crippen LogP contribution >= 0.6 is 24.0 Å². The number of piperidine rings is 1. The fourth-order valence-corrected chi connectivity index (χ4v) is 3.77. The first-order valence-electron chi connectivity index (χ1n) is 9.91. The maximum absolute atomic E-state index is 5.73. The molecule has 0 aromatic carbocycles. The van der Waals surface area contributed by atoms with Crippen LogP contribution in [0.1, 0.15) is 43.2 Å². The highest BCUT2D eigenvalue weighted by molar-refractivity contribution is 14.0. The van der Waals surface area contributed by atoms with Crippen molar-refractivity contribution in [2.45, 2.75) is 44.1 Å². The number of halogens is 1. The summed E-state index contributed by atoms with van der Waals surface area (Å²) in [6.07, 6.45) is 8.77. The van der Waals surface area contributed by atoms with Crippen LogP contribution in [-0.4, -0.2) is 64.9 Å². The molecule has 2 fully saturated rings. The molecule has 2 aromatic rings. The van der Waals surface area contributed by atoms with Gasteiger partial charge in [0.05, 0.1) is 18.9 Å². The van der Waals surface area contributed by atoms with Gasteiger partial charge in [-0.25, -0.2) is 4.98 Å². The van der Waals surface area contributed by atoms with Crippen LogP contribution in [-0.2, 0) is 11.2 Å². The molecule has 2 saturated heterocycles. The van der Waals surface area contributed by atoms with Gasteiger partial charge in [0, 0.05) is 38.6 Å². The zero-order chi connectivity index (χ0) is 18.3. The zero-order valence-electron chi connectivity index (χ0n) is 16.0. The molecule has 0 bridgehead atoms. The Morgan fingerprint density at radius 3 is 2.89 bits per heavy atom. The lowest BCUT2D eigenvalue weighted by atomic mass is 9.96. The van der Waals surface area contributed by atoms with E-state index in [1.54, 1.807) is 12.6 Å². The predicted molar refractivity (Wildman–Crippen MR) is 117 cm³/mol. The lowest BCUT2D eigenvalue weighted by molar-refractivity contribution is 0.117. The van der Waals surface area contributed by atoms with E-state index >= 15 is 0 Å². The Kier molecular flexibility index (Phi) is 8.13. The first-order chi connectivity index (χ1) is 13.4. The number of aliphatic imine (C=N–C) groups is 1. The molecule has 0 spiro atoms. The van der Waals surface area contributed by atoms with Gasteiger partial charge in [-0.15, -0.1) is 24.0 Å². The smallest absolute Gasteiger partial charge is 0.194 e. The average molecular weight is 500 g/mol. The topological polar surface area (TPSA) is 91.6 Å². The van der Waals surface area contributed by atoms with E-state index in [2.05, 4.69) is 25.4 Å². The fourth-order valence-electron chi connectivity index (χ4n) is 3.77. The van der Waals surface area contributed by atoms with Gasteiger partial charge in [0.2, 0.25) is 0 Å². The Labute approximate surface area is 182 Å². The molecule has 2 aromatic heterocycles. The molecule has 1 atom stereocenters. The summed E-state index contributed by atoms with van der Waals surface area (Å²) in [5.41, 5.74) is 0. The molecule has 4 heterocycles. The molecule has 9 heteroatoms. The summed E-state index contributed by atoms with van der Waals surface area (Å²) >= 11 is 0. The van der Waals surface area contributed by atoms with Crippen molar-refractivity contribution in [3.63, 3.8) is 0 Å². The molecule has 1 unspecified atom stereocenters. The van der Waals surface area contributed by atoms with E-state index in [4.69, 9.17) is 14.1 Å². The van der Waals surface area contributed by atoms with Crippen molar-refractivity contribution < 1.29 is 9.15 Å². The molecule has 4 rings (SSSR count). The highest BCUT2D eigenvalue weighted by atomic mass is 127. The van der Waals surface area contributed by atoms with Gasteiger partial charge >= 0.3 is 0 Å². The van der Waals surface area contributed by atoms with Crippen LogP contribution in [0.15, 0.2) is 34.1 Å². The Morgan fingerprint density at radius 1 is 1.32 bits per heavy atom. The molecule has 0 saturated carbocycles. The molecular formula is C19H29IN6O2. The van der Waals surface area contributed by atoms with E-state index in [9.17, 15) is 0 Å². The normalized spacial score (nSPS) is 20.9. The van der Waals surface area contributed by atoms with Gasteiger partial charge in [-0.2, -0.15) is 5.10 Å². The van der Waals surface area contributed by atoms with Crippen LogP contribution in [0.3, 0.4) is 0 Å². The number of rotatable bonds is 6.